The monoisotopic (exact) mass is 389 g/mol. The fraction of sp³-hybridized carbons (Fsp3) is 0.300. The third-order valence-corrected chi connectivity index (χ3v) is 4.66. The molecule has 7 heteroatoms. The summed E-state index contributed by atoms with van der Waals surface area (Å²) in [4.78, 5) is 24.3. The molecule has 1 N–H and O–H groups in total. The Morgan fingerprint density at radius 3 is 2.37 bits per heavy atom. The van der Waals surface area contributed by atoms with Crippen LogP contribution >= 0.6 is 0 Å². The molecule has 0 radical (unpaired) electrons. The van der Waals surface area contributed by atoms with Gasteiger partial charge in [0.25, 0.3) is 5.91 Å². The van der Waals surface area contributed by atoms with Crippen molar-refractivity contribution in [1.29, 1.82) is 0 Å². The van der Waals surface area contributed by atoms with Gasteiger partial charge in [0.1, 0.15) is 0 Å². The van der Waals surface area contributed by atoms with Crippen molar-refractivity contribution in [1.82, 2.24) is 5.32 Å². The van der Waals surface area contributed by atoms with Crippen molar-refractivity contribution in [2.75, 3.05) is 12.8 Å². The van der Waals surface area contributed by atoms with Crippen molar-refractivity contribution in [3.05, 3.63) is 71.3 Å². The second-order valence-corrected chi connectivity index (χ2v) is 8.48. The van der Waals surface area contributed by atoms with Gasteiger partial charge in [0.2, 0.25) is 0 Å². The molecule has 27 heavy (non-hydrogen) atoms. The number of rotatable bonds is 8. The molecule has 2 aromatic rings. The number of carbonyl (C=O) groups is 2. The number of hydrogen-bond acceptors (Lipinski definition) is 5. The van der Waals surface area contributed by atoms with Gasteiger partial charge >= 0.3 is 5.97 Å². The molecule has 0 heterocycles. The van der Waals surface area contributed by atoms with Crippen molar-refractivity contribution >= 4 is 21.7 Å². The molecule has 2 aromatic carbocycles. The van der Waals surface area contributed by atoms with Crippen LogP contribution in [0.15, 0.2) is 54.6 Å². The van der Waals surface area contributed by atoms with Crippen LogP contribution in [0.2, 0.25) is 0 Å². The lowest BCUT2D eigenvalue weighted by Crippen LogP contribution is -2.36. The fourth-order valence-corrected chi connectivity index (χ4v) is 3.28. The van der Waals surface area contributed by atoms with E-state index in [1.807, 2.05) is 30.3 Å². The van der Waals surface area contributed by atoms with Gasteiger partial charge < -0.3 is 10.1 Å². The molecule has 0 saturated heterocycles. The minimum atomic E-state index is -3.21. The summed E-state index contributed by atoms with van der Waals surface area (Å²) in [6.07, 6.45) is 0.854. The lowest BCUT2D eigenvalue weighted by molar-refractivity contribution is -0.129. The number of ether oxygens (including phenoxy) is 1. The Hall–Kier alpha value is -2.67. The average Bonchev–Trinajstić information content (AvgIpc) is 2.61. The van der Waals surface area contributed by atoms with E-state index in [1.54, 1.807) is 12.1 Å². The van der Waals surface area contributed by atoms with Crippen LogP contribution in [0.5, 0.6) is 0 Å². The summed E-state index contributed by atoms with van der Waals surface area (Å²) in [6, 6.07) is 15.9. The Morgan fingerprint density at radius 1 is 1.04 bits per heavy atom. The van der Waals surface area contributed by atoms with E-state index in [1.165, 1.54) is 19.1 Å². The van der Waals surface area contributed by atoms with E-state index in [-0.39, 0.29) is 17.2 Å². The van der Waals surface area contributed by atoms with E-state index < -0.39 is 21.9 Å². The number of esters is 1. The first-order chi connectivity index (χ1) is 12.7. The van der Waals surface area contributed by atoms with Gasteiger partial charge in [-0.1, -0.05) is 42.5 Å². The quantitative estimate of drug-likeness (QED) is 0.699. The van der Waals surface area contributed by atoms with Crippen LogP contribution in [0.3, 0.4) is 0 Å². The zero-order chi connectivity index (χ0) is 19.9. The number of amides is 1. The highest BCUT2D eigenvalue weighted by Crippen LogP contribution is 2.11. The second-order valence-electron chi connectivity index (χ2n) is 6.34. The summed E-state index contributed by atoms with van der Waals surface area (Å²) < 4.78 is 28.0. The molecule has 1 unspecified atom stereocenters. The fourth-order valence-electron chi connectivity index (χ4n) is 2.49. The molecule has 1 amide bonds. The molecule has 0 spiro atoms. The normalized spacial score (nSPS) is 12.2. The number of carbonyl (C=O) groups excluding carboxylic acids is 2. The molecule has 0 fully saturated rings. The van der Waals surface area contributed by atoms with Crippen LogP contribution in [0.1, 0.15) is 28.4 Å². The smallest absolute Gasteiger partial charge is 0.338 e. The standard InChI is InChI=1S/C20H23NO5S/c1-15(19(22)21-12-11-16-7-4-3-5-8-16)26-20(23)18-10-6-9-17(13-18)14-27(2,24)25/h3-10,13,15H,11-12,14H2,1-2H3,(H,21,22). The van der Waals surface area contributed by atoms with E-state index >= 15 is 0 Å². The van der Waals surface area contributed by atoms with Crippen LogP contribution < -0.4 is 5.32 Å². The molecule has 0 bridgehead atoms. The molecule has 0 aliphatic heterocycles. The first-order valence-corrected chi connectivity index (χ1v) is 10.6. The van der Waals surface area contributed by atoms with Crippen LogP contribution in [0.4, 0.5) is 0 Å². The van der Waals surface area contributed by atoms with Gasteiger partial charge in [-0.3, -0.25) is 4.79 Å². The Balaban J connectivity index is 1.87. The van der Waals surface area contributed by atoms with E-state index in [0.717, 1.165) is 11.8 Å². The molecule has 144 valence electrons. The van der Waals surface area contributed by atoms with Gasteiger partial charge in [-0.05, 0) is 36.6 Å². The van der Waals surface area contributed by atoms with Crippen molar-refractivity contribution < 1.29 is 22.7 Å². The predicted molar refractivity (Wildman–Crippen MR) is 103 cm³/mol. The maximum Gasteiger partial charge on any atom is 0.338 e. The summed E-state index contributed by atoms with van der Waals surface area (Å²) in [5.74, 6) is -1.22. The van der Waals surface area contributed by atoms with Crippen LogP contribution in [-0.4, -0.2) is 39.2 Å². The number of hydrogen-bond donors (Lipinski definition) is 1. The lowest BCUT2D eigenvalue weighted by atomic mass is 10.1. The van der Waals surface area contributed by atoms with Gasteiger partial charge in [0, 0.05) is 12.8 Å². The first-order valence-electron chi connectivity index (χ1n) is 8.54. The predicted octanol–water partition coefficient (Wildman–Crippen LogP) is 2.14. The average molecular weight is 389 g/mol. The third kappa shape index (κ3) is 7.22. The molecule has 1 atom stereocenters. The lowest BCUT2D eigenvalue weighted by Gasteiger charge is -2.14. The molecule has 0 aliphatic carbocycles. The Labute approximate surface area is 159 Å². The highest BCUT2D eigenvalue weighted by molar-refractivity contribution is 7.89. The summed E-state index contributed by atoms with van der Waals surface area (Å²) in [5.41, 5.74) is 1.80. The van der Waals surface area contributed by atoms with Gasteiger partial charge in [-0.25, -0.2) is 13.2 Å². The zero-order valence-electron chi connectivity index (χ0n) is 15.3. The number of benzene rings is 2. The summed E-state index contributed by atoms with van der Waals surface area (Å²) in [7, 11) is -3.21. The minimum Gasteiger partial charge on any atom is -0.449 e. The van der Waals surface area contributed by atoms with Crippen LogP contribution in [0, 0.1) is 0 Å². The number of sulfone groups is 1. The maximum atomic E-state index is 12.2. The molecular weight excluding hydrogens is 366 g/mol. The van der Waals surface area contributed by atoms with Gasteiger partial charge in [0.05, 0.1) is 11.3 Å². The van der Waals surface area contributed by atoms with Crippen LogP contribution in [-0.2, 0) is 31.5 Å². The highest BCUT2D eigenvalue weighted by Gasteiger charge is 2.19. The third-order valence-electron chi connectivity index (χ3n) is 3.80. The number of nitrogens with one attached hydrogen (secondary N) is 1. The molecule has 6 nitrogen and oxygen atoms in total. The van der Waals surface area contributed by atoms with Crippen molar-refractivity contribution in [3.63, 3.8) is 0 Å². The van der Waals surface area contributed by atoms with Crippen molar-refractivity contribution in [2.24, 2.45) is 0 Å². The molecular formula is C20H23NO5S. The van der Waals surface area contributed by atoms with Crippen LogP contribution in [0.25, 0.3) is 0 Å². The Morgan fingerprint density at radius 2 is 1.70 bits per heavy atom. The first kappa shape index (κ1) is 20.6. The Bertz CT molecular complexity index is 894. The van der Waals surface area contributed by atoms with E-state index in [9.17, 15) is 18.0 Å². The van der Waals surface area contributed by atoms with E-state index in [4.69, 9.17) is 4.74 Å². The van der Waals surface area contributed by atoms with E-state index in [0.29, 0.717) is 18.5 Å². The summed E-state index contributed by atoms with van der Waals surface area (Å²) in [5, 5.41) is 2.73. The van der Waals surface area contributed by atoms with Crippen molar-refractivity contribution in [3.8, 4) is 0 Å². The zero-order valence-corrected chi connectivity index (χ0v) is 16.2. The van der Waals surface area contributed by atoms with Crippen molar-refractivity contribution in [2.45, 2.75) is 25.2 Å². The van der Waals surface area contributed by atoms with Gasteiger partial charge in [-0.15, -0.1) is 0 Å². The van der Waals surface area contributed by atoms with E-state index in [2.05, 4.69) is 5.32 Å². The summed E-state index contributed by atoms with van der Waals surface area (Å²) >= 11 is 0. The van der Waals surface area contributed by atoms with Gasteiger partial charge in [-0.2, -0.15) is 0 Å². The second kappa shape index (κ2) is 9.32. The summed E-state index contributed by atoms with van der Waals surface area (Å²) in [6.45, 7) is 1.94. The Kier molecular flexibility index (Phi) is 7.12. The molecule has 2 rings (SSSR count). The SMILES string of the molecule is CC(OC(=O)c1cccc(CS(C)(=O)=O)c1)C(=O)NCCc1ccccc1. The molecule has 0 aliphatic rings. The topological polar surface area (TPSA) is 89.5 Å². The molecule has 0 aromatic heterocycles. The minimum absolute atomic E-state index is 0.163. The van der Waals surface area contributed by atoms with Gasteiger partial charge in [0.15, 0.2) is 15.9 Å². The largest absolute Gasteiger partial charge is 0.449 e. The highest BCUT2D eigenvalue weighted by atomic mass is 32.2. The maximum absolute atomic E-state index is 12.2. The molecule has 0 saturated carbocycles.